The van der Waals surface area contributed by atoms with E-state index in [1.807, 2.05) is 0 Å². The first-order valence-electron chi connectivity index (χ1n) is 4.33. The minimum Gasteiger partial charge on any atom is -0.479 e. The fraction of sp³-hybridized carbons (Fsp3) is 0.333. The SMILES string of the molecule is COC(CNC(=O)c1sccc1Br)C(=O)O. The van der Waals surface area contributed by atoms with Crippen molar-refractivity contribution < 1.29 is 19.4 Å². The Hall–Kier alpha value is -0.920. The van der Waals surface area contributed by atoms with Crippen LogP contribution in [0.5, 0.6) is 0 Å². The molecule has 1 heterocycles. The summed E-state index contributed by atoms with van der Waals surface area (Å²) < 4.78 is 5.38. The Labute approximate surface area is 105 Å². The van der Waals surface area contributed by atoms with Gasteiger partial charge in [-0.3, -0.25) is 4.79 Å². The number of rotatable bonds is 5. The van der Waals surface area contributed by atoms with Crippen LogP contribution in [0, 0.1) is 0 Å². The molecule has 16 heavy (non-hydrogen) atoms. The summed E-state index contributed by atoms with van der Waals surface area (Å²) in [7, 11) is 1.28. The van der Waals surface area contributed by atoms with E-state index < -0.39 is 12.1 Å². The third-order valence-electron chi connectivity index (χ3n) is 1.83. The second kappa shape index (κ2) is 5.97. The van der Waals surface area contributed by atoms with Crippen LogP contribution in [-0.4, -0.2) is 36.7 Å². The number of hydrogen-bond donors (Lipinski definition) is 2. The molecule has 0 saturated heterocycles. The Morgan fingerprint density at radius 3 is 2.81 bits per heavy atom. The van der Waals surface area contributed by atoms with Gasteiger partial charge in [-0.15, -0.1) is 11.3 Å². The van der Waals surface area contributed by atoms with Crippen LogP contribution in [0.4, 0.5) is 0 Å². The van der Waals surface area contributed by atoms with Gasteiger partial charge in [0.1, 0.15) is 4.88 Å². The van der Waals surface area contributed by atoms with E-state index in [0.717, 1.165) is 0 Å². The van der Waals surface area contributed by atoms with E-state index >= 15 is 0 Å². The van der Waals surface area contributed by atoms with Gasteiger partial charge in [-0.05, 0) is 27.4 Å². The van der Waals surface area contributed by atoms with Crippen molar-refractivity contribution in [1.29, 1.82) is 0 Å². The smallest absolute Gasteiger partial charge is 0.334 e. The molecule has 0 fully saturated rings. The summed E-state index contributed by atoms with van der Waals surface area (Å²) in [5, 5.41) is 13.0. The van der Waals surface area contributed by atoms with Gasteiger partial charge < -0.3 is 15.2 Å². The number of methoxy groups -OCH3 is 1. The molecule has 7 heteroatoms. The maximum Gasteiger partial charge on any atom is 0.334 e. The van der Waals surface area contributed by atoms with E-state index in [-0.39, 0.29) is 12.5 Å². The predicted molar refractivity (Wildman–Crippen MR) is 62.8 cm³/mol. The molecule has 5 nitrogen and oxygen atoms in total. The number of nitrogens with one attached hydrogen (secondary N) is 1. The lowest BCUT2D eigenvalue weighted by Crippen LogP contribution is -2.37. The first-order chi connectivity index (χ1) is 7.56. The molecule has 1 rings (SSSR count). The van der Waals surface area contributed by atoms with Crippen molar-refractivity contribution in [3.63, 3.8) is 0 Å². The third kappa shape index (κ3) is 3.29. The highest BCUT2D eigenvalue weighted by Gasteiger charge is 2.18. The van der Waals surface area contributed by atoms with Crippen molar-refractivity contribution >= 4 is 39.1 Å². The predicted octanol–water partition coefficient (Wildman–Crippen LogP) is 1.34. The van der Waals surface area contributed by atoms with E-state index in [0.29, 0.717) is 9.35 Å². The zero-order valence-electron chi connectivity index (χ0n) is 8.40. The maximum atomic E-state index is 11.6. The van der Waals surface area contributed by atoms with Gasteiger partial charge in [0.05, 0.1) is 6.54 Å². The van der Waals surface area contributed by atoms with E-state index in [2.05, 4.69) is 26.0 Å². The molecule has 0 aliphatic rings. The molecule has 0 aromatic carbocycles. The fourth-order valence-electron chi connectivity index (χ4n) is 0.993. The Morgan fingerprint density at radius 2 is 2.38 bits per heavy atom. The average Bonchev–Trinajstić information content (AvgIpc) is 2.64. The maximum absolute atomic E-state index is 11.6. The highest BCUT2D eigenvalue weighted by Crippen LogP contribution is 2.22. The number of carbonyl (C=O) groups excluding carboxylic acids is 1. The number of carbonyl (C=O) groups is 2. The molecule has 88 valence electrons. The second-order valence-electron chi connectivity index (χ2n) is 2.87. The van der Waals surface area contributed by atoms with Gasteiger partial charge in [-0.2, -0.15) is 0 Å². The summed E-state index contributed by atoms with van der Waals surface area (Å²) in [5.41, 5.74) is 0. The number of carboxylic acid groups (broad SMARTS) is 1. The molecule has 0 bridgehead atoms. The van der Waals surface area contributed by atoms with Gasteiger partial charge in [0.2, 0.25) is 0 Å². The Kier molecular flexibility index (Phi) is 4.91. The van der Waals surface area contributed by atoms with Gasteiger partial charge in [-0.1, -0.05) is 0 Å². The molecular formula is C9H10BrNO4S. The Morgan fingerprint density at radius 1 is 1.69 bits per heavy atom. The minimum absolute atomic E-state index is 0.0605. The van der Waals surface area contributed by atoms with Crippen LogP contribution in [0.25, 0.3) is 0 Å². The molecule has 2 N–H and O–H groups in total. The van der Waals surface area contributed by atoms with Gasteiger partial charge in [0.25, 0.3) is 5.91 Å². The Bertz CT molecular complexity index is 393. The van der Waals surface area contributed by atoms with E-state index in [4.69, 9.17) is 5.11 Å². The standard InChI is InChI=1S/C9H10BrNO4S/c1-15-6(9(13)14)4-11-8(12)7-5(10)2-3-16-7/h2-3,6H,4H2,1H3,(H,11,12)(H,13,14). The van der Waals surface area contributed by atoms with Gasteiger partial charge in [0.15, 0.2) is 6.10 Å². The van der Waals surface area contributed by atoms with Crippen LogP contribution < -0.4 is 5.32 Å². The van der Waals surface area contributed by atoms with Crippen molar-refractivity contribution in [1.82, 2.24) is 5.32 Å². The molecule has 1 atom stereocenters. The summed E-state index contributed by atoms with van der Waals surface area (Å²) in [4.78, 5) is 22.7. The van der Waals surface area contributed by atoms with Crippen LogP contribution in [0.3, 0.4) is 0 Å². The topological polar surface area (TPSA) is 75.6 Å². The van der Waals surface area contributed by atoms with Crippen LogP contribution in [0.1, 0.15) is 9.67 Å². The number of thiophene rings is 1. The third-order valence-corrected chi connectivity index (χ3v) is 3.67. The summed E-state index contributed by atoms with van der Waals surface area (Å²) in [6.07, 6.45) is -1.03. The number of carboxylic acids is 1. The summed E-state index contributed by atoms with van der Waals surface area (Å²) in [6, 6.07) is 1.75. The molecule has 0 spiro atoms. The van der Waals surface area contributed by atoms with Crippen LogP contribution in [0.2, 0.25) is 0 Å². The second-order valence-corrected chi connectivity index (χ2v) is 4.64. The first kappa shape index (κ1) is 13.1. The molecule has 1 aromatic heterocycles. The van der Waals surface area contributed by atoms with E-state index in [9.17, 15) is 9.59 Å². The lowest BCUT2D eigenvalue weighted by Gasteiger charge is -2.10. The molecular weight excluding hydrogens is 298 g/mol. The van der Waals surface area contributed by atoms with Gasteiger partial charge >= 0.3 is 5.97 Å². The zero-order valence-corrected chi connectivity index (χ0v) is 10.8. The average molecular weight is 308 g/mol. The summed E-state index contributed by atoms with van der Waals surface area (Å²) >= 11 is 4.50. The summed E-state index contributed by atoms with van der Waals surface area (Å²) in [5.74, 6) is -1.42. The largest absolute Gasteiger partial charge is 0.479 e. The molecule has 0 aliphatic carbocycles. The fourth-order valence-corrected chi connectivity index (χ4v) is 2.46. The van der Waals surface area contributed by atoms with E-state index in [1.54, 1.807) is 11.4 Å². The van der Waals surface area contributed by atoms with Crippen LogP contribution in [-0.2, 0) is 9.53 Å². The van der Waals surface area contributed by atoms with Crippen molar-refractivity contribution in [3.05, 3.63) is 20.8 Å². The highest BCUT2D eigenvalue weighted by molar-refractivity contribution is 9.10. The van der Waals surface area contributed by atoms with Crippen molar-refractivity contribution in [2.75, 3.05) is 13.7 Å². The van der Waals surface area contributed by atoms with Gasteiger partial charge in [-0.25, -0.2) is 4.79 Å². The highest BCUT2D eigenvalue weighted by atomic mass is 79.9. The lowest BCUT2D eigenvalue weighted by atomic mass is 10.3. The van der Waals surface area contributed by atoms with Crippen molar-refractivity contribution in [2.45, 2.75) is 6.10 Å². The summed E-state index contributed by atoms with van der Waals surface area (Å²) in [6.45, 7) is -0.0605. The van der Waals surface area contributed by atoms with Crippen LogP contribution in [0.15, 0.2) is 15.9 Å². The number of aliphatic carboxylic acids is 1. The molecule has 1 unspecified atom stereocenters. The number of ether oxygens (including phenoxy) is 1. The minimum atomic E-state index is -1.10. The van der Waals surface area contributed by atoms with Gasteiger partial charge in [0, 0.05) is 11.6 Å². The molecule has 0 saturated carbocycles. The molecule has 1 aromatic rings. The number of halogens is 1. The molecule has 0 radical (unpaired) electrons. The Balaban J connectivity index is 2.53. The van der Waals surface area contributed by atoms with E-state index in [1.165, 1.54) is 18.4 Å². The quantitative estimate of drug-likeness (QED) is 0.861. The number of hydrogen-bond acceptors (Lipinski definition) is 4. The molecule has 1 amide bonds. The number of amides is 1. The van der Waals surface area contributed by atoms with Crippen molar-refractivity contribution in [3.8, 4) is 0 Å². The van der Waals surface area contributed by atoms with Crippen LogP contribution >= 0.6 is 27.3 Å². The molecule has 0 aliphatic heterocycles. The normalized spacial score (nSPS) is 12.1. The van der Waals surface area contributed by atoms with Crippen molar-refractivity contribution in [2.24, 2.45) is 0 Å². The lowest BCUT2D eigenvalue weighted by molar-refractivity contribution is -0.147. The monoisotopic (exact) mass is 307 g/mol. The first-order valence-corrected chi connectivity index (χ1v) is 6.00. The zero-order chi connectivity index (χ0) is 12.1.